The summed E-state index contributed by atoms with van der Waals surface area (Å²) in [5.41, 5.74) is -6.52. The Hall–Kier alpha value is -4.66. The van der Waals surface area contributed by atoms with Gasteiger partial charge in [-0.15, -0.1) is 0 Å². The van der Waals surface area contributed by atoms with Crippen molar-refractivity contribution in [1.82, 2.24) is 15.0 Å². The van der Waals surface area contributed by atoms with Crippen LogP contribution in [0.15, 0.2) is 36.8 Å². The summed E-state index contributed by atoms with van der Waals surface area (Å²) < 4.78 is 122. The zero-order valence-electron chi connectivity index (χ0n) is 27.4. The maximum Gasteiger partial charge on any atom is 0.417 e. The van der Waals surface area contributed by atoms with E-state index < -0.39 is 83.0 Å². The van der Waals surface area contributed by atoms with Crippen LogP contribution in [0.4, 0.5) is 39.5 Å². The maximum absolute atomic E-state index is 12.8. The van der Waals surface area contributed by atoms with Crippen LogP contribution in [0.2, 0.25) is 30.8 Å². The number of hydrogen-bond donors (Lipinski definition) is 3. The minimum absolute atomic E-state index is 0.208. The minimum Gasteiger partial charge on any atom is -0.481 e. The lowest BCUT2D eigenvalue weighted by Crippen LogP contribution is -2.22. The lowest BCUT2D eigenvalue weighted by atomic mass is 10.1. The first-order valence-corrected chi connectivity index (χ1v) is 18.0. The van der Waals surface area contributed by atoms with Gasteiger partial charge in [0, 0.05) is 38.8 Å². The van der Waals surface area contributed by atoms with Crippen molar-refractivity contribution in [1.29, 1.82) is 0 Å². The van der Waals surface area contributed by atoms with Crippen molar-refractivity contribution in [2.24, 2.45) is 0 Å². The third-order valence-corrected chi connectivity index (χ3v) is 7.46. The standard InChI is InChI=1S/C12H16F3NO3Si.C8H6F3NO3.C7H3ClF3NO2.C2H6/c1-20(2,3)5-4-19-10-6-9(12(13,14)15)8(7-16-10)11(17)18;1-15-6-2-5(8(9,10)11)4(3-12-6)7(13)14;8-5-1-4(7(9,10)11)3(2-12-5)6(13)14;1-2/h6-7H,4-5H2,1-3H3,(H,17,18);2-3H,1H3,(H,13,14);1-2H,(H,13,14);1-2H3. The number of carbonyl (C=O) groups is 3. The van der Waals surface area contributed by atoms with E-state index in [9.17, 15) is 53.9 Å². The van der Waals surface area contributed by atoms with Gasteiger partial charge in [-0.05, 0) is 12.1 Å². The Balaban J connectivity index is 0.000000730. The van der Waals surface area contributed by atoms with Gasteiger partial charge >= 0.3 is 36.4 Å². The van der Waals surface area contributed by atoms with Crippen molar-refractivity contribution < 1.29 is 78.7 Å². The number of aromatic nitrogens is 3. The number of carboxylic acid groups (broad SMARTS) is 3. The first-order chi connectivity index (χ1) is 23.2. The summed E-state index contributed by atoms with van der Waals surface area (Å²) in [7, 11) is -0.217. The van der Waals surface area contributed by atoms with Crippen molar-refractivity contribution in [2.45, 2.75) is 58.1 Å². The summed E-state index contributed by atoms with van der Waals surface area (Å²) in [5.74, 6) is -5.54. The summed E-state index contributed by atoms with van der Waals surface area (Å²) in [6.45, 7) is 10.6. The smallest absolute Gasteiger partial charge is 0.417 e. The normalized spacial score (nSPS) is 11.4. The molecule has 3 rings (SSSR count). The Labute approximate surface area is 290 Å². The number of nitrogens with zero attached hydrogens (tertiary/aromatic N) is 3. The van der Waals surface area contributed by atoms with Crippen molar-refractivity contribution >= 4 is 37.6 Å². The largest absolute Gasteiger partial charge is 0.481 e. The van der Waals surface area contributed by atoms with E-state index in [1.165, 1.54) is 0 Å². The molecule has 3 N–H and O–H groups in total. The molecule has 0 spiro atoms. The molecule has 3 aromatic heterocycles. The maximum atomic E-state index is 12.8. The number of ether oxygens (including phenoxy) is 2. The molecule has 0 saturated heterocycles. The molecular formula is C29H31ClF9N3O8Si. The van der Waals surface area contributed by atoms with Crippen LogP contribution in [0, 0.1) is 0 Å². The number of methoxy groups -OCH3 is 1. The van der Waals surface area contributed by atoms with Crippen LogP contribution in [0.25, 0.3) is 0 Å². The molecular weight excluding hydrogens is 753 g/mol. The van der Waals surface area contributed by atoms with Gasteiger partial charge in [-0.1, -0.05) is 45.1 Å². The second-order valence-electron chi connectivity index (χ2n) is 10.5. The molecule has 0 fully saturated rings. The van der Waals surface area contributed by atoms with Gasteiger partial charge in [-0.25, -0.2) is 29.3 Å². The van der Waals surface area contributed by atoms with Crippen LogP contribution < -0.4 is 9.47 Å². The molecule has 0 radical (unpaired) electrons. The van der Waals surface area contributed by atoms with Crippen molar-refractivity contribution in [3.05, 3.63) is 75.3 Å². The molecule has 284 valence electrons. The second-order valence-corrected chi connectivity index (χ2v) is 16.5. The predicted octanol–water partition coefficient (Wildman–Crippen LogP) is 8.80. The average molecular weight is 784 g/mol. The fourth-order valence-corrected chi connectivity index (χ4v) is 4.04. The summed E-state index contributed by atoms with van der Waals surface area (Å²) in [5, 5.41) is 25.3. The van der Waals surface area contributed by atoms with E-state index in [1.54, 1.807) is 0 Å². The number of aromatic carboxylic acids is 3. The van der Waals surface area contributed by atoms with Crippen molar-refractivity contribution in [2.75, 3.05) is 13.7 Å². The van der Waals surface area contributed by atoms with Crippen LogP contribution in [0.3, 0.4) is 0 Å². The molecule has 0 amide bonds. The summed E-state index contributed by atoms with van der Waals surface area (Å²) in [4.78, 5) is 41.9. The lowest BCUT2D eigenvalue weighted by Gasteiger charge is -2.16. The molecule has 0 saturated carbocycles. The number of pyridine rings is 3. The Morgan fingerprint density at radius 3 is 1.33 bits per heavy atom. The molecule has 3 heterocycles. The van der Waals surface area contributed by atoms with Crippen LogP contribution >= 0.6 is 11.6 Å². The van der Waals surface area contributed by atoms with Gasteiger partial charge in [0.1, 0.15) is 5.15 Å². The zero-order chi connectivity index (χ0) is 40.1. The van der Waals surface area contributed by atoms with Crippen molar-refractivity contribution in [3.8, 4) is 11.8 Å². The molecule has 0 aliphatic carbocycles. The van der Waals surface area contributed by atoms with Gasteiger partial charge < -0.3 is 24.8 Å². The summed E-state index contributed by atoms with van der Waals surface area (Å²) in [6.07, 6.45) is -12.4. The highest BCUT2D eigenvalue weighted by molar-refractivity contribution is 6.76. The highest BCUT2D eigenvalue weighted by atomic mass is 35.5. The third-order valence-electron chi connectivity index (χ3n) is 5.55. The van der Waals surface area contributed by atoms with E-state index in [4.69, 9.17) is 31.7 Å². The van der Waals surface area contributed by atoms with E-state index in [2.05, 4.69) is 39.3 Å². The van der Waals surface area contributed by atoms with E-state index in [0.717, 1.165) is 13.2 Å². The monoisotopic (exact) mass is 783 g/mol. The number of rotatable bonds is 8. The number of carboxylic acids is 3. The molecule has 0 aliphatic rings. The summed E-state index contributed by atoms with van der Waals surface area (Å²) >= 11 is 5.22. The van der Waals surface area contributed by atoms with Crippen LogP contribution in [0.1, 0.15) is 61.6 Å². The topological polar surface area (TPSA) is 169 Å². The molecule has 0 bridgehead atoms. The first-order valence-electron chi connectivity index (χ1n) is 13.9. The van der Waals surface area contributed by atoms with E-state index >= 15 is 0 Å². The van der Waals surface area contributed by atoms with Crippen LogP contribution in [-0.4, -0.2) is 70.0 Å². The van der Waals surface area contributed by atoms with Gasteiger partial charge in [0.25, 0.3) is 0 Å². The number of halogens is 10. The molecule has 51 heavy (non-hydrogen) atoms. The van der Waals surface area contributed by atoms with Gasteiger partial charge in [-0.2, -0.15) is 39.5 Å². The zero-order valence-corrected chi connectivity index (χ0v) is 29.1. The molecule has 0 atom stereocenters. The number of alkyl halides is 9. The van der Waals surface area contributed by atoms with Crippen molar-refractivity contribution in [3.63, 3.8) is 0 Å². The quantitative estimate of drug-likeness (QED) is 0.113. The lowest BCUT2D eigenvalue weighted by molar-refractivity contribution is -0.139. The van der Waals surface area contributed by atoms with Crippen LogP contribution in [0.5, 0.6) is 11.8 Å². The fourth-order valence-electron chi connectivity index (χ4n) is 3.17. The molecule has 0 unspecified atom stereocenters. The third kappa shape index (κ3) is 15.8. The minimum atomic E-state index is -4.76. The highest BCUT2D eigenvalue weighted by Crippen LogP contribution is 2.35. The second kappa shape index (κ2) is 19.1. The SMILES string of the molecule is CC.COc1cc(C(F)(F)F)c(C(=O)O)cn1.C[Si](C)(C)CCOc1cc(C(F)(F)F)c(C(=O)O)cn1.O=C(O)c1cnc(Cl)cc1C(F)(F)F. The Morgan fingerprint density at radius 1 is 0.667 bits per heavy atom. The molecule has 11 nitrogen and oxygen atoms in total. The van der Waals surface area contributed by atoms with Gasteiger partial charge in [0.2, 0.25) is 11.8 Å². The van der Waals surface area contributed by atoms with Crippen LogP contribution in [-0.2, 0) is 18.5 Å². The predicted molar refractivity (Wildman–Crippen MR) is 165 cm³/mol. The van der Waals surface area contributed by atoms with E-state index in [0.29, 0.717) is 36.8 Å². The fraction of sp³-hybridized carbons (Fsp3) is 0.379. The Kier molecular flexibility index (Phi) is 17.3. The van der Waals surface area contributed by atoms with Gasteiger partial charge in [0.05, 0.1) is 47.1 Å². The molecule has 0 aliphatic heterocycles. The molecule has 3 aromatic rings. The van der Waals surface area contributed by atoms with Gasteiger partial charge in [-0.3, -0.25) is 0 Å². The van der Waals surface area contributed by atoms with E-state index in [-0.39, 0.29) is 18.4 Å². The first kappa shape index (κ1) is 46.3. The molecule has 22 heteroatoms. The average Bonchev–Trinajstić information content (AvgIpc) is 3.00. The highest BCUT2D eigenvalue weighted by Gasteiger charge is 2.38. The Morgan fingerprint density at radius 2 is 1.00 bits per heavy atom. The van der Waals surface area contributed by atoms with Gasteiger partial charge in [0.15, 0.2) is 0 Å². The summed E-state index contributed by atoms with van der Waals surface area (Å²) in [6, 6.07) is 2.43. The van der Waals surface area contributed by atoms with E-state index in [1.807, 2.05) is 13.8 Å². The Bertz CT molecular complexity index is 1650. The molecule has 0 aromatic carbocycles. The number of hydrogen-bond acceptors (Lipinski definition) is 8.